The third kappa shape index (κ3) is 36.3. The van der Waals surface area contributed by atoms with E-state index in [0.29, 0.717) is 0 Å². The second-order valence-corrected chi connectivity index (χ2v) is 3.25. The van der Waals surface area contributed by atoms with Crippen molar-refractivity contribution in [1.82, 2.24) is 0 Å². The summed E-state index contributed by atoms with van der Waals surface area (Å²) in [6.45, 7) is 0. The average Bonchev–Trinajstić information content (AvgIpc) is 1.87. The molecule has 0 aromatic carbocycles. The van der Waals surface area contributed by atoms with Gasteiger partial charge in [-0.2, -0.15) is 0 Å². The number of hydrogen-bond donors (Lipinski definition) is 0. The normalized spacial score (nSPS) is 9.71. The molecule has 0 heterocycles. The second kappa shape index (κ2) is 21.3. The first-order chi connectivity index (χ1) is 5.54. The molecule has 0 saturated heterocycles. The van der Waals surface area contributed by atoms with Crippen molar-refractivity contribution in [3.63, 3.8) is 0 Å². The first kappa shape index (κ1) is 25.8. The van der Waals surface area contributed by atoms with Crippen molar-refractivity contribution in [1.29, 1.82) is 0 Å². The van der Waals surface area contributed by atoms with Crippen LogP contribution >= 0.6 is 48.4 Å². The molecular weight excluding hydrogens is 388 g/mol. The summed E-state index contributed by atoms with van der Waals surface area (Å²) in [6, 6.07) is 0. The summed E-state index contributed by atoms with van der Waals surface area (Å²) in [5, 5.41) is 0. The summed E-state index contributed by atoms with van der Waals surface area (Å²) in [5.74, 6) is 0. The maximum atomic E-state index is 9.38. The van der Waals surface area contributed by atoms with Gasteiger partial charge < -0.3 is 9.79 Å². The van der Waals surface area contributed by atoms with Crippen LogP contribution in [0.3, 0.4) is 0 Å². The van der Waals surface area contributed by atoms with E-state index in [1.54, 1.807) is 0 Å². The molecule has 0 aliphatic rings. The first-order valence-electron chi connectivity index (χ1n) is 2.21. The Balaban J connectivity index is -0.0000000625. The van der Waals surface area contributed by atoms with E-state index in [1.807, 2.05) is 0 Å². The van der Waals surface area contributed by atoms with Crippen LogP contribution in [0.4, 0.5) is 0 Å². The Labute approximate surface area is 144 Å². The largest absolute Gasteiger partial charge is 1.00 e. The van der Waals surface area contributed by atoms with Gasteiger partial charge in [0.1, 0.15) is 0 Å². The minimum Gasteiger partial charge on any atom is -0.566 e. The molecule has 0 aromatic heterocycles. The van der Waals surface area contributed by atoms with Crippen LogP contribution in [0.1, 0.15) is 0 Å². The zero-order valence-corrected chi connectivity index (χ0v) is 16.5. The molecule has 0 aliphatic carbocycles. The van der Waals surface area contributed by atoms with Crippen LogP contribution in [-0.4, -0.2) is 11.0 Å². The van der Waals surface area contributed by atoms with E-state index in [-0.39, 0.29) is 70.1 Å². The SMILES string of the molecule is O=[P+]([O-])OCBr.O=[P+]([O-])OCBr.[Na+].[Na+]. The third-order valence-corrected chi connectivity index (χ3v) is 2.15. The summed E-state index contributed by atoms with van der Waals surface area (Å²) in [4.78, 5) is 18.8. The predicted octanol–water partition coefficient (Wildman–Crippen LogP) is -5.25. The molecule has 0 amide bonds. The Bertz CT molecular complexity index is 134. The fraction of sp³-hybridized carbons (Fsp3) is 1.00. The zero-order valence-electron chi connectivity index (χ0n) is 7.51. The van der Waals surface area contributed by atoms with E-state index < -0.39 is 16.5 Å². The number of alkyl halides is 2. The van der Waals surface area contributed by atoms with E-state index >= 15 is 0 Å². The van der Waals surface area contributed by atoms with E-state index in [0.717, 1.165) is 0 Å². The molecule has 14 heavy (non-hydrogen) atoms. The van der Waals surface area contributed by atoms with Crippen LogP contribution in [0.2, 0.25) is 0 Å². The predicted molar refractivity (Wildman–Crippen MR) is 45.0 cm³/mol. The molecule has 72 valence electrons. The standard InChI is InChI=1S/2CH2BrO3P.2Na/c2*2-1-5-6(3)4;;/h2*1H2;;/q;;2*+1. The van der Waals surface area contributed by atoms with Crippen LogP contribution in [0.5, 0.6) is 0 Å². The van der Waals surface area contributed by atoms with Gasteiger partial charge in [-0.05, 0) is 9.13 Å². The second-order valence-electron chi connectivity index (χ2n) is 0.924. The molecule has 2 atom stereocenters. The fourth-order valence-electron chi connectivity index (χ4n) is 0.0797. The van der Waals surface area contributed by atoms with Crippen molar-refractivity contribution in [2.45, 2.75) is 0 Å². The minimum atomic E-state index is -2.65. The van der Waals surface area contributed by atoms with Gasteiger partial charge in [-0.25, -0.2) is 0 Å². The minimum absolute atomic E-state index is 0. The molecule has 0 aliphatic heterocycles. The molecule has 0 radical (unpaired) electrons. The third-order valence-electron chi connectivity index (χ3n) is 0.308. The van der Waals surface area contributed by atoms with Gasteiger partial charge in [-0.15, -0.1) is 9.05 Å². The van der Waals surface area contributed by atoms with Gasteiger partial charge in [0.15, 0.2) is 11.0 Å². The van der Waals surface area contributed by atoms with Gasteiger partial charge in [0.05, 0.1) is 0 Å². The van der Waals surface area contributed by atoms with Crippen LogP contribution < -0.4 is 68.9 Å². The monoisotopic (exact) mass is 390 g/mol. The van der Waals surface area contributed by atoms with E-state index in [9.17, 15) is 18.9 Å². The van der Waals surface area contributed by atoms with Gasteiger partial charge >= 0.3 is 75.6 Å². The Hall–Kier alpha value is 3.00. The van der Waals surface area contributed by atoms with Gasteiger partial charge in [0, 0.05) is 0 Å². The molecule has 0 N–H and O–H groups in total. The summed E-state index contributed by atoms with van der Waals surface area (Å²) in [7, 11) is -5.29. The van der Waals surface area contributed by atoms with Crippen molar-refractivity contribution in [3.05, 3.63) is 0 Å². The molecule has 0 spiro atoms. The van der Waals surface area contributed by atoms with Crippen molar-refractivity contribution in [2.75, 3.05) is 11.0 Å². The molecule has 0 aromatic rings. The molecule has 6 nitrogen and oxygen atoms in total. The summed E-state index contributed by atoms with van der Waals surface area (Å²) >= 11 is 5.49. The maximum Gasteiger partial charge on any atom is 1.00 e. The van der Waals surface area contributed by atoms with E-state index in [1.165, 1.54) is 0 Å². The topological polar surface area (TPSA) is 98.7 Å². The number of rotatable bonds is 4. The molecule has 12 heteroatoms. The first-order valence-corrected chi connectivity index (χ1v) is 6.64. The maximum absolute atomic E-state index is 9.38. The molecule has 0 saturated carbocycles. The Morgan fingerprint density at radius 1 is 0.929 bits per heavy atom. The summed E-state index contributed by atoms with van der Waals surface area (Å²) in [5.41, 5.74) is 0.0947. The average molecular weight is 392 g/mol. The van der Waals surface area contributed by atoms with Crippen molar-refractivity contribution < 1.29 is 87.1 Å². The van der Waals surface area contributed by atoms with Gasteiger partial charge in [-0.1, -0.05) is 31.9 Å². The van der Waals surface area contributed by atoms with Crippen LogP contribution in [0, 0.1) is 0 Å². The van der Waals surface area contributed by atoms with Crippen LogP contribution in [0.25, 0.3) is 0 Å². The van der Waals surface area contributed by atoms with Gasteiger partial charge in [0.2, 0.25) is 0 Å². The van der Waals surface area contributed by atoms with Crippen LogP contribution in [0.15, 0.2) is 0 Å². The number of hydrogen-bond acceptors (Lipinski definition) is 6. The van der Waals surface area contributed by atoms with E-state index in [2.05, 4.69) is 40.9 Å². The summed E-state index contributed by atoms with van der Waals surface area (Å²) < 4.78 is 26.6. The molecule has 0 bridgehead atoms. The molecular formula is C2H4Br2Na2O6P2+2. The Morgan fingerprint density at radius 2 is 1.14 bits per heavy atom. The number of halogens is 2. The molecule has 0 rings (SSSR count). The smallest absolute Gasteiger partial charge is 0.566 e. The van der Waals surface area contributed by atoms with Gasteiger partial charge in [-0.3, -0.25) is 0 Å². The van der Waals surface area contributed by atoms with Crippen molar-refractivity contribution >= 4 is 48.4 Å². The molecule has 0 fully saturated rings. The fourth-order valence-corrected chi connectivity index (χ4v) is 1.24. The van der Waals surface area contributed by atoms with Crippen molar-refractivity contribution in [3.8, 4) is 0 Å². The van der Waals surface area contributed by atoms with Crippen molar-refractivity contribution in [2.24, 2.45) is 0 Å². The van der Waals surface area contributed by atoms with E-state index in [4.69, 9.17) is 0 Å². The zero-order chi connectivity index (χ0) is 9.98. The Kier molecular flexibility index (Phi) is 39.2. The quantitative estimate of drug-likeness (QED) is 0.270. The van der Waals surface area contributed by atoms with Crippen LogP contribution in [-0.2, 0) is 18.2 Å². The Morgan fingerprint density at radius 3 is 1.14 bits per heavy atom. The molecule has 2 unspecified atom stereocenters. The van der Waals surface area contributed by atoms with Gasteiger partial charge in [0.25, 0.3) is 0 Å². The summed E-state index contributed by atoms with van der Waals surface area (Å²) in [6.07, 6.45) is 0.